The van der Waals surface area contributed by atoms with Crippen molar-refractivity contribution in [1.82, 2.24) is 25.2 Å². The maximum atomic E-state index is 13.2. The number of nitrogens with one attached hydrogen (secondary N) is 1. The van der Waals surface area contributed by atoms with E-state index in [1.54, 1.807) is 6.20 Å². The van der Waals surface area contributed by atoms with Crippen LogP contribution in [0.15, 0.2) is 42.7 Å². The van der Waals surface area contributed by atoms with Crippen LogP contribution in [0.3, 0.4) is 0 Å². The molecular formula is C22H23N5O. The average molecular weight is 373 g/mol. The first kappa shape index (κ1) is 17.3. The molecule has 0 unspecified atom stereocenters. The normalized spacial score (nSPS) is 19.4. The molecule has 5 rings (SSSR count). The molecule has 2 aliphatic rings. The summed E-state index contributed by atoms with van der Waals surface area (Å²) in [5.41, 5.74) is 2.66. The zero-order valence-corrected chi connectivity index (χ0v) is 15.8. The Kier molecular flexibility index (Phi) is 4.49. The van der Waals surface area contributed by atoms with E-state index in [1.165, 1.54) is 6.42 Å². The molecule has 6 nitrogen and oxygen atoms in total. The Hall–Kier alpha value is -2.86. The van der Waals surface area contributed by atoms with Crippen LogP contribution >= 0.6 is 0 Å². The highest BCUT2D eigenvalue weighted by molar-refractivity contribution is 6.05. The number of hydrogen-bond donors (Lipinski definition) is 1. The average Bonchev–Trinajstić information content (AvgIpc) is 2.78. The number of nitrogens with zero attached hydrogens (tertiary/aromatic N) is 4. The SMILES string of the molecule is O=C(c1nccc2ccccc12)N1CCc2nc([C@H]3CCCNC3)ncc2C1. The van der Waals surface area contributed by atoms with E-state index in [4.69, 9.17) is 4.98 Å². The van der Waals surface area contributed by atoms with E-state index >= 15 is 0 Å². The maximum Gasteiger partial charge on any atom is 0.273 e. The van der Waals surface area contributed by atoms with Gasteiger partial charge in [0.2, 0.25) is 0 Å². The van der Waals surface area contributed by atoms with Crippen LogP contribution in [0.1, 0.15) is 46.3 Å². The van der Waals surface area contributed by atoms with Crippen LogP contribution in [-0.2, 0) is 13.0 Å². The minimum atomic E-state index is -0.0250. The van der Waals surface area contributed by atoms with Crippen LogP contribution in [0.25, 0.3) is 10.8 Å². The summed E-state index contributed by atoms with van der Waals surface area (Å²) in [6.07, 6.45) is 6.71. The molecule has 2 aliphatic heterocycles. The van der Waals surface area contributed by atoms with Crippen molar-refractivity contribution >= 4 is 16.7 Å². The molecule has 1 aromatic carbocycles. The molecule has 1 atom stereocenters. The van der Waals surface area contributed by atoms with Crippen molar-refractivity contribution in [3.63, 3.8) is 0 Å². The molecule has 6 heteroatoms. The second-order valence-corrected chi connectivity index (χ2v) is 7.60. The van der Waals surface area contributed by atoms with Crippen molar-refractivity contribution in [2.75, 3.05) is 19.6 Å². The Morgan fingerprint density at radius 2 is 2.11 bits per heavy atom. The van der Waals surface area contributed by atoms with E-state index in [-0.39, 0.29) is 5.91 Å². The van der Waals surface area contributed by atoms with Crippen LogP contribution in [0, 0.1) is 0 Å². The van der Waals surface area contributed by atoms with E-state index in [0.717, 1.165) is 53.8 Å². The topological polar surface area (TPSA) is 71.0 Å². The third-order valence-corrected chi connectivity index (χ3v) is 5.78. The fraction of sp³-hybridized carbons (Fsp3) is 0.364. The number of amides is 1. The Bertz CT molecular complexity index is 1020. The lowest BCUT2D eigenvalue weighted by atomic mass is 9.98. The smallest absolute Gasteiger partial charge is 0.273 e. The lowest BCUT2D eigenvalue weighted by Crippen LogP contribution is -2.37. The fourth-order valence-corrected chi connectivity index (χ4v) is 4.21. The first-order valence-corrected chi connectivity index (χ1v) is 9.98. The summed E-state index contributed by atoms with van der Waals surface area (Å²) in [5, 5.41) is 5.36. The molecule has 1 amide bonds. The molecule has 0 saturated carbocycles. The molecule has 1 N–H and O–H groups in total. The number of pyridine rings is 1. The molecule has 0 radical (unpaired) electrons. The highest BCUT2D eigenvalue weighted by Crippen LogP contribution is 2.25. The van der Waals surface area contributed by atoms with E-state index in [9.17, 15) is 4.79 Å². The lowest BCUT2D eigenvalue weighted by molar-refractivity contribution is 0.0729. The second-order valence-electron chi connectivity index (χ2n) is 7.60. The van der Waals surface area contributed by atoms with Crippen LogP contribution in [0.2, 0.25) is 0 Å². The van der Waals surface area contributed by atoms with Crippen LogP contribution < -0.4 is 5.32 Å². The standard InChI is InChI=1S/C22H23N5O/c28-22(20-18-6-2-1-4-15(18)7-10-24-20)27-11-8-19-17(14-27)13-25-21(26-19)16-5-3-9-23-12-16/h1-2,4,6-7,10,13,16,23H,3,5,8-9,11-12,14H2/t16-/m0/s1. The molecule has 1 fully saturated rings. The second kappa shape index (κ2) is 7.28. The summed E-state index contributed by atoms with van der Waals surface area (Å²) in [6, 6.07) is 9.83. The zero-order chi connectivity index (χ0) is 18.9. The number of rotatable bonds is 2. The number of benzene rings is 1. The first-order valence-electron chi connectivity index (χ1n) is 9.98. The number of carbonyl (C=O) groups is 1. The van der Waals surface area contributed by atoms with Crippen LogP contribution in [-0.4, -0.2) is 45.4 Å². The molecule has 28 heavy (non-hydrogen) atoms. The Labute approximate surface area is 164 Å². The van der Waals surface area contributed by atoms with Gasteiger partial charge in [-0.1, -0.05) is 24.3 Å². The predicted octanol–water partition coefficient (Wildman–Crippen LogP) is 2.69. The molecule has 4 heterocycles. The fourth-order valence-electron chi connectivity index (χ4n) is 4.21. The van der Waals surface area contributed by atoms with Gasteiger partial charge in [0, 0.05) is 55.3 Å². The van der Waals surface area contributed by atoms with E-state index in [1.807, 2.05) is 41.4 Å². The molecule has 2 aromatic heterocycles. The van der Waals surface area contributed by atoms with E-state index in [0.29, 0.717) is 24.7 Å². The zero-order valence-electron chi connectivity index (χ0n) is 15.8. The van der Waals surface area contributed by atoms with Gasteiger partial charge in [-0.3, -0.25) is 9.78 Å². The minimum Gasteiger partial charge on any atom is -0.332 e. The quantitative estimate of drug-likeness (QED) is 0.748. The number of aromatic nitrogens is 3. The van der Waals surface area contributed by atoms with Crippen molar-refractivity contribution < 1.29 is 4.79 Å². The van der Waals surface area contributed by atoms with Gasteiger partial charge in [-0.05, 0) is 30.8 Å². The lowest BCUT2D eigenvalue weighted by Gasteiger charge is -2.29. The summed E-state index contributed by atoms with van der Waals surface area (Å²) >= 11 is 0. The van der Waals surface area contributed by atoms with Gasteiger partial charge in [0.25, 0.3) is 5.91 Å². The van der Waals surface area contributed by atoms with Gasteiger partial charge in [-0.2, -0.15) is 0 Å². The van der Waals surface area contributed by atoms with Crippen molar-refractivity contribution in [2.45, 2.75) is 31.7 Å². The highest BCUT2D eigenvalue weighted by atomic mass is 16.2. The molecule has 1 saturated heterocycles. The molecular weight excluding hydrogens is 350 g/mol. The molecule has 142 valence electrons. The summed E-state index contributed by atoms with van der Waals surface area (Å²) in [5.74, 6) is 1.32. The van der Waals surface area contributed by atoms with Gasteiger partial charge in [0.05, 0.1) is 5.69 Å². The van der Waals surface area contributed by atoms with Gasteiger partial charge in [0.15, 0.2) is 0 Å². The number of fused-ring (bicyclic) bond motifs is 2. The van der Waals surface area contributed by atoms with E-state index < -0.39 is 0 Å². The van der Waals surface area contributed by atoms with E-state index in [2.05, 4.69) is 15.3 Å². The number of carbonyl (C=O) groups excluding carboxylic acids is 1. The summed E-state index contributed by atoms with van der Waals surface area (Å²) in [7, 11) is 0. The minimum absolute atomic E-state index is 0.0250. The van der Waals surface area contributed by atoms with Crippen molar-refractivity contribution in [2.24, 2.45) is 0 Å². The first-order chi connectivity index (χ1) is 13.8. The monoisotopic (exact) mass is 373 g/mol. The Morgan fingerprint density at radius 3 is 3.00 bits per heavy atom. The molecule has 3 aromatic rings. The Balaban J connectivity index is 1.39. The van der Waals surface area contributed by atoms with Gasteiger partial charge in [-0.15, -0.1) is 0 Å². The van der Waals surface area contributed by atoms with Crippen molar-refractivity contribution in [3.05, 3.63) is 65.5 Å². The van der Waals surface area contributed by atoms with Gasteiger partial charge >= 0.3 is 0 Å². The third-order valence-electron chi connectivity index (χ3n) is 5.78. The molecule has 0 aliphatic carbocycles. The summed E-state index contributed by atoms with van der Waals surface area (Å²) in [4.78, 5) is 28.9. The summed E-state index contributed by atoms with van der Waals surface area (Å²) < 4.78 is 0. The van der Waals surface area contributed by atoms with Gasteiger partial charge < -0.3 is 10.2 Å². The predicted molar refractivity (Wildman–Crippen MR) is 107 cm³/mol. The Morgan fingerprint density at radius 1 is 1.18 bits per heavy atom. The molecule has 0 bridgehead atoms. The summed E-state index contributed by atoms with van der Waals surface area (Å²) in [6.45, 7) is 3.25. The van der Waals surface area contributed by atoms with Gasteiger partial charge in [0.1, 0.15) is 11.5 Å². The van der Waals surface area contributed by atoms with Crippen LogP contribution in [0.5, 0.6) is 0 Å². The third kappa shape index (κ3) is 3.14. The number of hydrogen-bond acceptors (Lipinski definition) is 5. The maximum absolute atomic E-state index is 13.2. The van der Waals surface area contributed by atoms with Crippen molar-refractivity contribution in [1.29, 1.82) is 0 Å². The van der Waals surface area contributed by atoms with Gasteiger partial charge in [-0.25, -0.2) is 9.97 Å². The number of piperidine rings is 1. The van der Waals surface area contributed by atoms with Crippen molar-refractivity contribution in [3.8, 4) is 0 Å². The largest absolute Gasteiger partial charge is 0.332 e. The molecule has 0 spiro atoms. The highest BCUT2D eigenvalue weighted by Gasteiger charge is 2.26. The van der Waals surface area contributed by atoms with Crippen LogP contribution in [0.4, 0.5) is 0 Å².